The van der Waals surface area contributed by atoms with Gasteiger partial charge in [0, 0.05) is 18.7 Å². The van der Waals surface area contributed by atoms with Gasteiger partial charge in [0.05, 0.1) is 11.8 Å². The fourth-order valence-corrected chi connectivity index (χ4v) is 2.18. The monoisotopic (exact) mass is 296 g/mol. The molecule has 114 valence electrons. The van der Waals surface area contributed by atoms with Gasteiger partial charge < -0.3 is 9.63 Å². The summed E-state index contributed by atoms with van der Waals surface area (Å²) in [5.41, 5.74) is 2.12. The van der Waals surface area contributed by atoms with Gasteiger partial charge >= 0.3 is 0 Å². The van der Waals surface area contributed by atoms with Gasteiger partial charge in [-0.2, -0.15) is 0 Å². The van der Waals surface area contributed by atoms with E-state index in [9.17, 15) is 13.9 Å². The Morgan fingerprint density at radius 3 is 2.57 bits per heavy atom. The number of aliphatic hydroxyl groups excluding tert-OH is 1. The molecule has 1 heterocycles. The highest BCUT2D eigenvalue weighted by molar-refractivity contribution is 5.22. The fourth-order valence-electron chi connectivity index (χ4n) is 2.18. The molecule has 0 aliphatic carbocycles. The van der Waals surface area contributed by atoms with Crippen molar-refractivity contribution < 1.29 is 18.4 Å². The van der Waals surface area contributed by atoms with Crippen molar-refractivity contribution in [3.05, 3.63) is 52.4 Å². The van der Waals surface area contributed by atoms with Gasteiger partial charge in [0.2, 0.25) is 0 Å². The van der Waals surface area contributed by atoms with Crippen molar-refractivity contribution in [1.82, 2.24) is 10.1 Å². The van der Waals surface area contributed by atoms with E-state index in [4.69, 9.17) is 4.52 Å². The molecule has 2 aromatic rings. The molecule has 0 fully saturated rings. The highest BCUT2D eigenvalue weighted by Gasteiger charge is 2.16. The Kier molecular flexibility index (Phi) is 4.69. The number of likely N-dealkylation sites (N-methyl/N-ethyl adjacent to an activating group) is 1. The third-order valence-electron chi connectivity index (χ3n) is 3.42. The first-order valence-corrected chi connectivity index (χ1v) is 6.61. The Hall–Kier alpha value is -1.79. The number of hydrogen-bond donors (Lipinski definition) is 1. The second kappa shape index (κ2) is 6.32. The summed E-state index contributed by atoms with van der Waals surface area (Å²) in [5, 5.41) is 14.0. The maximum Gasteiger partial charge on any atom is 0.159 e. The zero-order valence-electron chi connectivity index (χ0n) is 12.2. The fraction of sp³-hybridized carbons (Fsp3) is 0.400. The topological polar surface area (TPSA) is 49.5 Å². The van der Waals surface area contributed by atoms with Gasteiger partial charge in [-0.1, -0.05) is 11.2 Å². The van der Waals surface area contributed by atoms with Crippen LogP contribution in [-0.2, 0) is 6.54 Å². The summed E-state index contributed by atoms with van der Waals surface area (Å²) in [7, 11) is 1.83. The first kappa shape index (κ1) is 15.6. The Morgan fingerprint density at radius 1 is 1.29 bits per heavy atom. The zero-order chi connectivity index (χ0) is 15.6. The molecule has 0 amide bonds. The molecule has 6 heteroatoms. The molecule has 4 nitrogen and oxygen atoms in total. The highest BCUT2D eigenvalue weighted by atomic mass is 19.2. The van der Waals surface area contributed by atoms with Gasteiger partial charge in [-0.25, -0.2) is 8.78 Å². The molecule has 0 bridgehead atoms. The number of aryl methyl sites for hydroxylation is 2. The van der Waals surface area contributed by atoms with Crippen LogP contribution in [0.25, 0.3) is 0 Å². The van der Waals surface area contributed by atoms with Crippen molar-refractivity contribution in [3.63, 3.8) is 0 Å². The number of benzene rings is 1. The summed E-state index contributed by atoms with van der Waals surface area (Å²) in [6.07, 6.45) is -0.898. The van der Waals surface area contributed by atoms with E-state index in [0.29, 0.717) is 12.1 Å². The van der Waals surface area contributed by atoms with Gasteiger partial charge in [0.25, 0.3) is 0 Å². The Morgan fingerprint density at radius 2 is 2.00 bits per heavy atom. The molecule has 0 aliphatic rings. The summed E-state index contributed by atoms with van der Waals surface area (Å²) in [4.78, 5) is 1.87. The van der Waals surface area contributed by atoms with Crippen LogP contribution in [0.5, 0.6) is 0 Å². The molecule has 1 atom stereocenters. The van der Waals surface area contributed by atoms with Crippen molar-refractivity contribution in [2.45, 2.75) is 26.5 Å². The third kappa shape index (κ3) is 3.65. The minimum absolute atomic E-state index is 0.287. The number of halogens is 2. The maximum absolute atomic E-state index is 13.2. The van der Waals surface area contributed by atoms with E-state index in [2.05, 4.69) is 5.16 Å². The van der Waals surface area contributed by atoms with E-state index in [1.54, 1.807) is 0 Å². The van der Waals surface area contributed by atoms with Crippen molar-refractivity contribution in [2.24, 2.45) is 0 Å². The molecule has 1 N–H and O–H groups in total. The summed E-state index contributed by atoms with van der Waals surface area (Å²) < 4.78 is 31.1. The van der Waals surface area contributed by atoms with Gasteiger partial charge in [0.15, 0.2) is 11.6 Å². The first-order valence-electron chi connectivity index (χ1n) is 6.61. The van der Waals surface area contributed by atoms with E-state index in [1.165, 1.54) is 6.07 Å². The van der Waals surface area contributed by atoms with Crippen LogP contribution in [0.15, 0.2) is 22.7 Å². The molecule has 0 spiro atoms. The van der Waals surface area contributed by atoms with Crippen LogP contribution in [0.3, 0.4) is 0 Å². The van der Waals surface area contributed by atoms with Gasteiger partial charge in [0.1, 0.15) is 5.76 Å². The average Bonchev–Trinajstić information content (AvgIpc) is 2.73. The summed E-state index contributed by atoms with van der Waals surface area (Å²) in [5.74, 6) is -1.14. The minimum atomic E-state index is -0.958. The molecule has 1 unspecified atom stereocenters. The zero-order valence-corrected chi connectivity index (χ0v) is 12.2. The predicted octanol–water partition coefficient (Wildman–Crippen LogP) is 2.74. The molecule has 21 heavy (non-hydrogen) atoms. The molecule has 0 saturated carbocycles. The van der Waals surface area contributed by atoms with E-state index >= 15 is 0 Å². The molecular formula is C15H18F2N2O2. The van der Waals surface area contributed by atoms with Crippen molar-refractivity contribution >= 4 is 0 Å². The van der Waals surface area contributed by atoms with E-state index < -0.39 is 17.7 Å². The van der Waals surface area contributed by atoms with E-state index in [0.717, 1.165) is 29.2 Å². The van der Waals surface area contributed by atoms with Gasteiger partial charge in [-0.3, -0.25) is 4.90 Å². The van der Waals surface area contributed by atoms with Crippen LogP contribution in [0.2, 0.25) is 0 Å². The number of aromatic nitrogens is 1. The number of aliphatic hydroxyl groups is 1. The first-order chi connectivity index (χ1) is 9.88. The summed E-state index contributed by atoms with van der Waals surface area (Å²) in [6, 6.07) is 3.42. The second-order valence-electron chi connectivity index (χ2n) is 5.19. The molecule has 1 aromatic heterocycles. The largest absolute Gasteiger partial charge is 0.387 e. The standard InChI is InChI=1S/C15H18F2N2O2/c1-9-12(10(2)21-18-9)7-19(3)8-15(20)11-4-5-13(16)14(17)6-11/h4-6,15,20H,7-8H2,1-3H3. The molecule has 0 aliphatic heterocycles. The van der Waals surface area contributed by atoms with Crippen LogP contribution in [-0.4, -0.2) is 28.8 Å². The molecule has 0 radical (unpaired) electrons. The molecule has 1 aromatic carbocycles. The predicted molar refractivity (Wildman–Crippen MR) is 73.6 cm³/mol. The van der Waals surface area contributed by atoms with Crippen LogP contribution < -0.4 is 0 Å². The highest BCUT2D eigenvalue weighted by Crippen LogP contribution is 2.19. The Labute approximate surface area is 122 Å². The van der Waals surface area contributed by atoms with Crippen molar-refractivity contribution in [1.29, 1.82) is 0 Å². The third-order valence-corrected chi connectivity index (χ3v) is 3.42. The van der Waals surface area contributed by atoms with Crippen molar-refractivity contribution in [3.8, 4) is 0 Å². The lowest BCUT2D eigenvalue weighted by Gasteiger charge is -2.20. The Balaban J connectivity index is 2.01. The smallest absolute Gasteiger partial charge is 0.159 e. The van der Waals surface area contributed by atoms with Crippen LogP contribution >= 0.6 is 0 Å². The SMILES string of the molecule is Cc1noc(C)c1CN(C)CC(O)c1ccc(F)c(F)c1. The van der Waals surface area contributed by atoms with Gasteiger partial charge in [-0.15, -0.1) is 0 Å². The van der Waals surface area contributed by atoms with E-state index in [1.807, 2.05) is 25.8 Å². The van der Waals surface area contributed by atoms with Crippen molar-refractivity contribution in [2.75, 3.05) is 13.6 Å². The normalized spacial score (nSPS) is 12.9. The molecule has 0 saturated heterocycles. The van der Waals surface area contributed by atoms with Crippen LogP contribution in [0.4, 0.5) is 8.78 Å². The average molecular weight is 296 g/mol. The summed E-state index contributed by atoms with van der Waals surface area (Å²) >= 11 is 0. The maximum atomic E-state index is 13.2. The molecular weight excluding hydrogens is 278 g/mol. The number of nitrogens with zero attached hydrogens (tertiary/aromatic N) is 2. The number of rotatable bonds is 5. The van der Waals surface area contributed by atoms with Crippen LogP contribution in [0, 0.1) is 25.5 Å². The quantitative estimate of drug-likeness (QED) is 0.921. The Bertz CT molecular complexity index is 609. The molecule has 2 rings (SSSR count). The lowest BCUT2D eigenvalue weighted by molar-refractivity contribution is 0.123. The number of hydrogen-bond acceptors (Lipinski definition) is 4. The second-order valence-corrected chi connectivity index (χ2v) is 5.19. The van der Waals surface area contributed by atoms with Crippen LogP contribution in [0.1, 0.15) is 28.7 Å². The van der Waals surface area contributed by atoms with E-state index in [-0.39, 0.29) is 6.54 Å². The lowest BCUT2D eigenvalue weighted by Crippen LogP contribution is -2.24. The minimum Gasteiger partial charge on any atom is -0.387 e. The van der Waals surface area contributed by atoms with Gasteiger partial charge in [-0.05, 0) is 38.6 Å². The summed E-state index contributed by atoms with van der Waals surface area (Å²) in [6.45, 7) is 4.53. The lowest BCUT2D eigenvalue weighted by atomic mass is 10.1.